The van der Waals surface area contributed by atoms with Crippen molar-refractivity contribution in [2.24, 2.45) is 0 Å². The lowest BCUT2D eigenvalue weighted by molar-refractivity contribution is 0.211. The molecule has 0 unspecified atom stereocenters. The Labute approximate surface area is 269 Å². The van der Waals surface area contributed by atoms with E-state index in [0.717, 1.165) is 38.2 Å². The van der Waals surface area contributed by atoms with E-state index in [9.17, 15) is 9.65 Å². The van der Waals surface area contributed by atoms with Crippen LogP contribution < -0.4 is 11.1 Å². The largest absolute Gasteiger partial charge is 0.383 e. The molecule has 1 aliphatic rings. The summed E-state index contributed by atoms with van der Waals surface area (Å²) in [5, 5.41) is 22.2. The molecule has 0 amide bonds. The van der Waals surface area contributed by atoms with Gasteiger partial charge in [0.2, 0.25) is 5.82 Å². The maximum Gasteiger partial charge on any atom is 0.234 e. The number of nitrogens with two attached hydrogens (primary N) is 1. The van der Waals surface area contributed by atoms with Crippen LogP contribution in [0.3, 0.4) is 0 Å². The number of likely N-dealkylation sites (tertiary alicyclic amines) is 1. The molecule has 1 aliphatic heterocycles. The number of pyridine rings is 2. The Hall–Kier alpha value is -6.24. The van der Waals surface area contributed by atoms with Crippen LogP contribution in [0, 0.1) is 28.5 Å². The van der Waals surface area contributed by atoms with E-state index < -0.39 is 5.82 Å². The summed E-state index contributed by atoms with van der Waals surface area (Å²) in [7, 11) is 0. The lowest BCUT2D eigenvalue weighted by Crippen LogP contribution is -2.38. The van der Waals surface area contributed by atoms with E-state index in [0.29, 0.717) is 45.4 Å². The molecule has 3 N–H and O–H groups in total. The third-order valence-electron chi connectivity index (χ3n) is 8.26. The molecule has 7 rings (SSSR count). The Bertz CT molecular complexity index is 2170. The average Bonchev–Trinajstić information content (AvgIpc) is 3.48. The van der Waals surface area contributed by atoms with Crippen LogP contribution in [0.4, 0.5) is 16.0 Å². The van der Waals surface area contributed by atoms with E-state index in [1.807, 2.05) is 41.0 Å². The Balaban J connectivity index is 1.16. The fourth-order valence-electron chi connectivity index (χ4n) is 5.92. The lowest BCUT2D eigenvalue weighted by Gasteiger charge is -2.32. The van der Waals surface area contributed by atoms with Gasteiger partial charge in [0.1, 0.15) is 29.0 Å². The number of nitriles is 2. The van der Waals surface area contributed by atoms with E-state index in [1.165, 1.54) is 17.7 Å². The Kier molecular flexibility index (Phi) is 7.92. The van der Waals surface area contributed by atoms with Gasteiger partial charge in [-0.3, -0.25) is 9.47 Å². The van der Waals surface area contributed by atoms with Gasteiger partial charge >= 0.3 is 0 Å². The highest BCUT2D eigenvalue weighted by atomic mass is 19.1. The number of nitrogens with one attached hydrogen (secondary N) is 1. The standard InChI is InChI=1S/C35H28FN11/c36-24-5-8-27(23(18-24)19-37)29-9-10-30-35(43-29)47(34(44-30)28-2-1-14-41-33(28)39)26-6-3-22(4-7-26)21-46-16-12-25(13-17-46)42-31-11-15-40-32(20-38)45-31/h1-11,14-15,18,25H,12-13,16-17,21H2,(H2,39,41)(H,40,42,45). The Morgan fingerprint density at radius 3 is 2.47 bits per heavy atom. The minimum Gasteiger partial charge on any atom is -0.383 e. The van der Waals surface area contributed by atoms with Crippen molar-refractivity contribution in [3.8, 4) is 40.5 Å². The molecule has 4 aromatic heterocycles. The highest BCUT2D eigenvalue weighted by Gasteiger charge is 2.22. The predicted molar refractivity (Wildman–Crippen MR) is 175 cm³/mol. The van der Waals surface area contributed by atoms with Crippen LogP contribution in [0.1, 0.15) is 29.8 Å². The van der Waals surface area contributed by atoms with Gasteiger partial charge in [-0.1, -0.05) is 12.1 Å². The second-order valence-corrected chi connectivity index (χ2v) is 11.3. The minimum absolute atomic E-state index is 0.160. The summed E-state index contributed by atoms with van der Waals surface area (Å²) in [5.74, 6) is 1.28. The molecule has 0 aliphatic carbocycles. The van der Waals surface area contributed by atoms with E-state index in [1.54, 1.807) is 30.6 Å². The molecule has 47 heavy (non-hydrogen) atoms. The first kappa shape index (κ1) is 29.5. The molecule has 0 saturated carbocycles. The average molecular weight is 622 g/mol. The van der Waals surface area contributed by atoms with Gasteiger partial charge < -0.3 is 11.1 Å². The van der Waals surface area contributed by atoms with Gasteiger partial charge in [-0.05, 0) is 79.1 Å². The molecule has 230 valence electrons. The van der Waals surface area contributed by atoms with Crippen molar-refractivity contribution in [3.63, 3.8) is 0 Å². The number of anilines is 2. The van der Waals surface area contributed by atoms with Crippen molar-refractivity contribution in [2.75, 3.05) is 24.1 Å². The van der Waals surface area contributed by atoms with Gasteiger partial charge in [-0.15, -0.1) is 0 Å². The number of benzene rings is 2. The van der Waals surface area contributed by atoms with Crippen LogP contribution in [0.2, 0.25) is 0 Å². The number of halogens is 1. The number of rotatable bonds is 7. The molecule has 0 atom stereocenters. The number of nitrogens with zero attached hydrogens (tertiary/aromatic N) is 9. The summed E-state index contributed by atoms with van der Waals surface area (Å²) in [6.07, 6.45) is 5.14. The van der Waals surface area contributed by atoms with Crippen LogP contribution in [0.25, 0.3) is 39.5 Å². The number of aromatic nitrogens is 6. The molecule has 6 aromatic rings. The molecule has 5 heterocycles. The monoisotopic (exact) mass is 621 g/mol. The third kappa shape index (κ3) is 6.06. The van der Waals surface area contributed by atoms with Crippen LogP contribution in [0.15, 0.2) is 85.2 Å². The van der Waals surface area contributed by atoms with E-state index >= 15 is 0 Å². The van der Waals surface area contributed by atoms with E-state index in [-0.39, 0.29) is 17.4 Å². The number of imidazole rings is 1. The van der Waals surface area contributed by atoms with Gasteiger partial charge in [0.15, 0.2) is 11.5 Å². The maximum absolute atomic E-state index is 13.9. The zero-order valence-electron chi connectivity index (χ0n) is 25.2. The third-order valence-corrected chi connectivity index (χ3v) is 8.26. The minimum atomic E-state index is -0.482. The second-order valence-electron chi connectivity index (χ2n) is 11.3. The second kappa shape index (κ2) is 12.6. The summed E-state index contributed by atoms with van der Waals surface area (Å²) in [4.78, 5) is 24.7. The van der Waals surface area contributed by atoms with Crippen LogP contribution in [-0.4, -0.2) is 53.5 Å². The van der Waals surface area contributed by atoms with E-state index in [2.05, 4.69) is 43.4 Å². The Morgan fingerprint density at radius 1 is 0.872 bits per heavy atom. The van der Waals surface area contributed by atoms with E-state index in [4.69, 9.17) is 21.0 Å². The zero-order chi connectivity index (χ0) is 32.3. The van der Waals surface area contributed by atoms with Gasteiger partial charge in [-0.2, -0.15) is 10.5 Å². The van der Waals surface area contributed by atoms with Crippen molar-refractivity contribution in [1.29, 1.82) is 10.5 Å². The van der Waals surface area contributed by atoms with Gasteiger partial charge in [0, 0.05) is 49.3 Å². The molecule has 0 radical (unpaired) electrons. The first-order valence-electron chi connectivity index (χ1n) is 15.1. The highest BCUT2D eigenvalue weighted by molar-refractivity contribution is 5.85. The van der Waals surface area contributed by atoms with Crippen molar-refractivity contribution in [3.05, 3.63) is 108 Å². The fourth-order valence-corrected chi connectivity index (χ4v) is 5.92. The number of hydrogen-bond acceptors (Lipinski definition) is 10. The number of nitrogen functional groups attached to an aromatic ring is 1. The number of fused-ring (bicyclic) bond motifs is 1. The topological polar surface area (TPSA) is 158 Å². The van der Waals surface area contributed by atoms with Crippen molar-refractivity contribution < 1.29 is 4.39 Å². The van der Waals surface area contributed by atoms with Gasteiger partial charge in [0.05, 0.1) is 22.9 Å². The normalized spacial score (nSPS) is 13.7. The van der Waals surface area contributed by atoms with Gasteiger partial charge in [0.25, 0.3) is 0 Å². The molecular weight excluding hydrogens is 593 g/mol. The first-order valence-corrected chi connectivity index (χ1v) is 15.1. The maximum atomic E-state index is 13.9. The molecule has 11 nitrogen and oxygen atoms in total. The molecule has 1 saturated heterocycles. The fraction of sp³-hybridized carbons (Fsp3) is 0.171. The summed E-state index contributed by atoms with van der Waals surface area (Å²) >= 11 is 0. The lowest BCUT2D eigenvalue weighted by atomic mass is 10.0. The van der Waals surface area contributed by atoms with Crippen LogP contribution in [-0.2, 0) is 6.54 Å². The molecular formula is C35H28FN11. The quantitative estimate of drug-likeness (QED) is 0.234. The smallest absolute Gasteiger partial charge is 0.234 e. The predicted octanol–water partition coefficient (Wildman–Crippen LogP) is 5.48. The summed E-state index contributed by atoms with van der Waals surface area (Å²) in [6, 6.07) is 25.8. The number of piperidine rings is 1. The zero-order valence-corrected chi connectivity index (χ0v) is 25.2. The highest BCUT2D eigenvalue weighted by Crippen LogP contribution is 2.32. The SMILES string of the molecule is N#Cc1nccc(NC2CCN(Cc3ccc(-n4c(-c5cccnc5N)nc5ccc(-c6ccc(F)cc6C#N)nc54)cc3)CC2)n1. The number of hydrogen-bond donors (Lipinski definition) is 2. The van der Waals surface area contributed by atoms with Crippen molar-refractivity contribution in [2.45, 2.75) is 25.4 Å². The van der Waals surface area contributed by atoms with Crippen molar-refractivity contribution >= 4 is 22.8 Å². The van der Waals surface area contributed by atoms with Crippen LogP contribution in [0.5, 0.6) is 0 Å². The molecule has 0 bridgehead atoms. The molecule has 0 spiro atoms. The first-order chi connectivity index (χ1) is 23.0. The molecule has 12 heteroatoms. The van der Waals surface area contributed by atoms with Gasteiger partial charge in [-0.25, -0.2) is 29.3 Å². The summed E-state index contributed by atoms with van der Waals surface area (Å²) in [5.41, 5.74) is 11.4. The summed E-state index contributed by atoms with van der Waals surface area (Å²) in [6.45, 7) is 2.65. The molecule has 2 aromatic carbocycles. The van der Waals surface area contributed by atoms with Crippen molar-refractivity contribution in [1.82, 2.24) is 34.4 Å². The molecule has 1 fully saturated rings. The Morgan fingerprint density at radius 2 is 1.70 bits per heavy atom. The van der Waals surface area contributed by atoms with Crippen LogP contribution >= 0.6 is 0 Å². The summed E-state index contributed by atoms with van der Waals surface area (Å²) < 4.78 is 15.8.